The van der Waals surface area contributed by atoms with Gasteiger partial charge in [-0.05, 0) is 36.8 Å². The van der Waals surface area contributed by atoms with Crippen molar-refractivity contribution >= 4 is 28.9 Å². The van der Waals surface area contributed by atoms with Crippen LogP contribution in [-0.2, 0) is 11.3 Å². The van der Waals surface area contributed by atoms with Gasteiger partial charge in [0.25, 0.3) is 0 Å². The van der Waals surface area contributed by atoms with Crippen molar-refractivity contribution in [2.24, 2.45) is 5.92 Å². The number of methoxy groups -OCH3 is 1. The Bertz CT molecular complexity index is 1080. The van der Waals surface area contributed by atoms with Crippen LogP contribution in [0.1, 0.15) is 12.0 Å². The van der Waals surface area contributed by atoms with E-state index in [9.17, 15) is 15.0 Å². The molecular formula is C23H25N3O6S. The molecule has 1 saturated carbocycles. The van der Waals surface area contributed by atoms with E-state index in [0.717, 1.165) is 11.3 Å². The number of anilines is 1. The third kappa shape index (κ3) is 3.84. The van der Waals surface area contributed by atoms with Gasteiger partial charge in [0.2, 0.25) is 12.7 Å². The molecule has 0 unspecified atom stereocenters. The summed E-state index contributed by atoms with van der Waals surface area (Å²) in [6.45, 7) is 0.420. The number of benzene rings is 2. The number of fused-ring (bicyclic) bond motifs is 2. The second kappa shape index (κ2) is 8.69. The number of carbonyl (C=O) groups excluding carboxylic acids is 1. The van der Waals surface area contributed by atoms with Gasteiger partial charge in [-0.25, -0.2) is 0 Å². The maximum Gasteiger partial charge on any atom is 0.231 e. The Morgan fingerprint density at radius 2 is 2.03 bits per heavy atom. The lowest BCUT2D eigenvalue weighted by Gasteiger charge is -2.41. The minimum absolute atomic E-state index is 0.103. The molecule has 1 amide bonds. The fourth-order valence-corrected chi connectivity index (χ4v) is 5.20. The molecule has 2 fully saturated rings. The lowest BCUT2D eigenvalue weighted by molar-refractivity contribution is -0.131. The van der Waals surface area contributed by atoms with Gasteiger partial charge in [0.15, 0.2) is 16.6 Å². The third-order valence-electron chi connectivity index (χ3n) is 6.46. The normalized spacial score (nSPS) is 27.7. The van der Waals surface area contributed by atoms with Crippen LogP contribution in [0.2, 0.25) is 0 Å². The Morgan fingerprint density at radius 1 is 1.24 bits per heavy atom. The first-order valence-corrected chi connectivity index (χ1v) is 11.1. The van der Waals surface area contributed by atoms with Crippen molar-refractivity contribution in [3.8, 4) is 17.2 Å². The molecule has 33 heavy (non-hydrogen) atoms. The fourth-order valence-electron chi connectivity index (χ4n) is 4.84. The molecule has 10 heteroatoms. The van der Waals surface area contributed by atoms with E-state index >= 15 is 0 Å². The number of amides is 1. The molecule has 1 saturated heterocycles. The van der Waals surface area contributed by atoms with Crippen molar-refractivity contribution in [3.05, 3.63) is 48.0 Å². The molecule has 174 valence electrons. The number of para-hydroxylation sites is 1. The first kappa shape index (κ1) is 21.7. The zero-order valence-electron chi connectivity index (χ0n) is 17.9. The quantitative estimate of drug-likeness (QED) is 0.473. The minimum Gasteiger partial charge on any atom is -0.496 e. The van der Waals surface area contributed by atoms with Crippen LogP contribution in [0.25, 0.3) is 0 Å². The van der Waals surface area contributed by atoms with Crippen LogP contribution in [0.4, 0.5) is 5.69 Å². The first-order valence-electron chi connectivity index (χ1n) is 10.7. The van der Waals surface area contributed by atoms with Crippen LogP contribution in [0.5, 0.6) is 17.2 Å². The summed E-state index contributed by atoms with van der Waals surface area (Å²) in [6, 6.07) is 11.8. The Balaban J connectivity index is 1.42. The zero-order chi connectivity index (χ0) is 23.1. The molecule has 2 aromatic carbocycles. The van der Waals surface area contributed by atoms with Gasteiger partial charge in [-0.2, -0.15) is 0 Å². The Kier molecular flexibility index (Phi) is 5.73. The number of hydrogen-bond donors (Lipinski definition) is 4. The van der Waals surface area contributed by atoms with E-state index in [1.165, 1.54) is 0 Å². The number of carbonyl (C=O) groups is 1. The molecule has 5 atom stereocenters. The molecule has 2 aromatic rings. The molecule has 3 aliphatic rings. The summed E-state index contributed by atoms with van der Waals surface area (Å²) in [5.74, 6) is 1.05. The Morgan fingerprint density at radius 3 is 2.85 bits per heavy atom. The van der Waals surface area contributed by atoms with Crippen LogP contribution in [0.15, 0.2) is 42.5 Å². The van der Waals surface area contributed by atoms with Crippen molar-refractivity contribution < 1.29 is 29.2 Å². The maximum atomic E-state index is 13.3. The number of nitrogens with zero attached hydrogens (tertiary/aromatic N) is 1. The van der Waals surface area contributed by atoms with Gasteiger partial charge in [-0.3, -0.25) is 4.79 Å². The first-order chi connectivity index (χ1) is 16.0. The minimum atomic E-state index is -1.06. The molecular weight excluding hydrogens is 446 g/mol. The summed E-state index contributed by atoms with van der Waals surface area (Å²) < 4.78 is 16.3. The smallest absolute Gasteiger partial charge is 0.231 e. The monoisotopic (exact) mass is 471 g/mol. The largest absolute Gasteiger partial charge is 0.496 e. The number of aliphatic hydroxyl groups is 2. The lowest BCUT2D eigenvalue weighted by atomic mass is 9.77. The number of thiocarbonyl (C=S) groups is 1. The van der Waals surface area contributed by atoms with Gasteiger partial charge < -0.3 is 40.0 Å². The van der Waals surface area contributed by atoms with Crippen molar-refractivity contribution in [2.45, 2.75) is 37.3 Å². The molecule has 1 aliphatic carbocycles. The Labute approximate surface area is 196 Å². The maximum absolute atomic E-state index is 13.3. The number of hydrogen-bond acceptors (Lipinski definition) is 7. The van der Waals surface area contributed by atoms with Gasteiger partial charge in [0.05, 0.1) is 31.2 Å². The molecule has 0 radical (unpaired) electrons. The van der Waals surface area contributed by atoms with Gasteiger partial charge in [-0.15, -0.1) is 0 Å². The molecule has 0 spiro atoms. The van der Waals surface area contributed by atoms with Gasteiger partial charge in [-0.1, -0.05) is 18.2 Å². The van der Waals surface area contributed by atoms with E-state index in [0.29, 0.717) is 22.4 Å². The highest BCUT2D eigenvalue weighted by Crippen LogP contribution is 2.41. The summed E-state index contributed by atoms with van der Waals surface area (Å²) in [7, 11) is 1.58. The highest BCUT2D eigenvalue weighted by Gasteiger charge is 2.54. The van der Waals surface area contributed by atoms with Gasteiger partial charge >= 0.3 is 0 Å². The lowest BCUT2D eigenvalue weighted by Crippen LogP contribution is -2.60. The van der Waals surface area contributed by atoms with E-state index in [4.69, 9.17) is 26.4 Å². The average molecular weight is 472 g/mol. The highest BCUT2D eigenvalue weighted by molar-refractivity contribution is 7.80. The van der Waals surface area contributed by atoms with E-state index in [1.54, 1.807) is 19.2 Å². The van der Waals surface area contributed by atoms with Gasteiger partial charge in [0, 0.05) is 23.9 Å². The summed E-state index contributed by atoms with van der Waals surface area (Å²) >= 11 is 5.57. The van der Waals surface area contributed by atoms with Crippen LogP contribution >= 0.6 is 12.2 Å². The average Bonchev–Trinajstić information content (AvgIpc) is 3.43. The molecule has 0 bridgehead atoms. The van der Waals surface area contributed by atoms with Crippen LogP contribution in [0, 0.1) is 5.92 Å². The molecule has 5 rings (SSSR count). The van der Waals surface area contributed by atoms with E-state index in [1.807, 2.05) is 35.2 Å². The number of aliphatic hydroxyl groups excluding tert-OH is 2. The van der Waals surface area contributed by atoms with Crippen molar-refractivity contribution in [1.82, 2.24) is 10.6 Å². The standard InChI is InChI=1S/C23H25N3O6S/c1-30-16-5-3-2-4-12(16)10-24-22(29)14-9-15(27)21(28)19-20(14)26(23(33)25-19)13-6-7-17-18(8-13)32-11-31-17/h2-8,14-15,19-21,27-28H,9-11H2,1H3,(H,24,29)(H,25,33)/t14-,15+,19-,20+,21-/m0/s1. The fraction of sp³-hybridized carbons (Fsp3) is 0.391. The summed E-state index contributed by atoms with van der Waals surface area (Å²) in [5.41, 5.74) is 1.56. The van der Waals surface area contributed by atoms with Crippen molar-refractivity contribution in [2.75, 3.05) is 18.8 Å². The third-order valence-corrected chi connectivity index (χ3v) is 6.78. The van der Waals surface area contributed by atoms with Crippen molar-refractivity contribution in [3.63, 3.8) is 0 Å². The van der Waals surface area contributed by atoms with E-state index < -0.39 is 30.2 Å². The van der Waals surface area contributed by atoms with E-state index in [2.05, 4.69) is 10.6 Å². The molecule has 2 aliphatic heterocycles. The van der Waals surface area contributed by atoms with Gasteiger partial charge in [0.1, 0.15) is 11.9 Å². The molecule has 0 aromatic heterocycles. The second-order valence-corrected chi connectivity index (χ2v) is 8.69. The summed E-state index contributed by atoms with van der Waals surface area (Å²) in [5, 5.41) is 27.6. The predicted octanol–water partition coefficient (Wildman–Crippen LogP) is 0.914. The molecule has 4 N–H and O–H groups in total. The summed E-state index contributed by atoms with van der Waals surface area (Å²) in [4.78, 5) is 15.2. The van der Waals surface area contributed by atoms with Crippen LogP contribution in [0.3, 0.4) is 0 Å². The van der Waals surface area contributed by atoms with Crippen LogP contribution in [-0.4, -0.2) is 59.4 Å². The SMILES string of the molecule is COc1ccccc1CNC(=O)[C@H]1C[C@@H](O)[C@H](O)[C@H]2NC(=S)N(c3ccc4c(c3)OCO4)[C@@H]21. The number of rotatable bonds is 5. The number of nitrogens with one attached hydrogen (secondary N) is 2. The van der Waals surface area contributed by atoms with Crippen molar-refractivity contribution in [1.29, 1.82) is 0 Å². The number of ether oxygens (including phenoxy) is 3. The van der Waals surface area contributed by atoms with E-state index in [-0.39, 0.29) is 25.7 Å². The highest BCUT2D eigenvalue weighted by atomic mass is 32.1. The Hall–Kier alpha value is -3.08. The predicted molar refractivity (Wildman–Crippen MR) is 123 cm³/mol. The summed E-state index contributed by atoms with van der Waals surface area (Å²) in [6.07, 6.45) is -2.02. The second-order valence-electron chi connectivity index (χ2n) is 8.30. The van der Waals surface area contributed by atoms with Crippen LogP contribution < -0.4 is 29.7 Å². The molecule has 9 nitrogen and oxygen atoms in total. The molecule has 2 heterocycles. The zero-order valence-corrected chi connectivity index (χ0v) is 18.7. The topological polar surface area (TPSA) is 113 Å².